The Hall–Kier alpha value is -3.74. The number of aromatic nitrogens is 4. The molecular formula is C22H23N8O6S4+. The summed E-state index contributed by atoms with van der Waals surface area (Å²) in [5.74, 6) is -3.53. The Morgan fingerprint density at radius 2 is 2.08 bits per heavy atom. The van der Waals surface area contributed by atoms with E-state index < -0.39 is 29.3 Å². The molecule has 18 heteroatoms. The number of carboxylic acid groups (broad SMARTS) is 2. The average Bonchev–Trinajstić information content (AvgIpc) is 3.57. The maximum atomic E-state index is 13.0. The van der Waals surface area contributed by atoms with Gasteiger partial charge in [0.15, 0.2) is 27.9 Å². The molecule has 3 aromatic heterocycles. The molecule has 0 radical (unpaired) electrons. The van der Waals surface area contributed by atoms with Crippen LogP contribution in [-0.4, -0.2) is 71.9 Å². The number of amides is 1. The van der Waals surface area contributed by atoms with Gasteiger partial charge in [-0.3, -0.25) is 4.79 Å². The molecule has 1 aliphatic rings. The van der Waals surface area contributed by atoms with Crippen molar-refractivity contribution in [2.75, 3.05) is 18.1 Å². The summed E-state index contributed by atoms with van der Waals surface area (Å²) in [5.41, 5.74) is 6.75. The van der Waals surface area contributed by atoms with E-state index in [1.165, 1.54) is 23.1 Å². The summed E-state index contributed by atoms with van der Waals surface area (Å²) in [6.07, 6.45) is 3.81. The van der Waals surface area contributed by atoms with E-state index in [4.69, 9.17) is 10.6 Å². The fourth-order valence-corrected chi connectivity index (χ4v) is 7.00. The number of oxime groups is 1. The number of thioether (sulfide) groups is 2. The number of nitrogens with zero attached hydrogens (tertiary/aromatic N) is 5. The van der Waals surface area contributed by atoms with Crippen LogP contribution in [0.1, 0.15) is 12.7 Å². The van der Waals surface area contributed by atoms with Crippen LogP contribution in [0.25, 0.3) is 11.3 Å². The molecule has 0 bridgehead atoms. The van der Waals surface area contributed by atoms with Crippen molar-refractivity contribution in [3.05, 3.63) is 46.3 Å². The van der Waals surface area contributed by atoms with Crippen LogP contribution in [0.2, 0.25) is 0 Å². The van der Waals surface area contributed by atoms with Crippen LogP contribution in [0.5, 0.6) is 0 Å². The first kappa shape index (κ1) is 29.2. The number of aryl methyl sites for hydroxylation is 1. The van der Waals surface area contributed by atoms with Crippen LogP contribution in [0.4, 0.5) is 5.13 Å². The standard InChI is InChI=1S/C22H22N8O6S4/c1-3-36-28-14(16-27-21(23)40-29-16)17(31)25-15(20(34)35)18-26-13(19(32)33)12(9-37-18)39-22-24-11(8-38-22)10-4-6-30(2)7-5-10/h4-8,15,18,26H,3,9H2,1-2H3,(H4-,23,25,27,29,31,32,33,34,35)/p+1/b28-14-. The predicted octanol–water partition coefficient (Wildman–Crippen LogP) is 1.13. The zero-order valence-corrected chi connectivity index (χ0v) is 24.2. The second-order valence-electron chi connectivity index (χ2n) is 7.94. The Bertz CT molecular complexity index is 1470. The summed E-state index contributed by atoms with van der Waals surface area (Å²) in [6, 6.07) is 2.32. The molecule has 2 unspecified atom stereocenters. The molecule has 2 atom stereocenters. The van der Waals surface area contributed by atoms with Crippen LogP contribution in [0, 0.1) is 0 Å². The first-order valence-corrected chi connectivity index (χ1v) is 14.9. The van der Waals surface area contributed by atoms with Crippen molar-refractivity contribution in [3.63, 3.8) is 0 Å². The maximum absolute atomic E-state index is 13.0. The maximum Gasteiger partial charge on any atom is 0.352 e. The second kappa shape index (κ2) is 13.1. The number of hydrogen-bond donors (Lipinski definition) is 5. The minimum absolute atomic E-state index is 0.0813. The van der Waals surface area contributed by atoms with Crippen molar-refractivity contribution in [1.82, 2.24) is 25.0 Å². The number of thiazole rings is 1. The van der Waals surface area contributed by atoms with Gasteiger partial charge in [-0.05, 0) is 6.92 Å². The SMILES string of the molecule is CCO/N=C(\C(=O)NC(C(=O)O)C1NC(C(=O)O)=C(Sc2nc(-c3cc[n+](C)cc3)cs2)CS1)c1nsc(N)n1. The summed E-state index contributed by atoms with van der Waals surface area (Å²) in [5, 5.41) is 29.6. The molecule has 1 amide bonds. The lowest BCUT2D eigenvalue weighted by Gasteiger charge is -2.31. The number of carbonyl (C=O) groups excluding carboxylic acids is 1. The summed E-state index contributed by atoms with van der Waals surface area (Å²) in [6.45, 7) is 1.78. The number of hydrogen-bond acceptors (Lipinski definition) is 14. The number of nitrogens with two attached hydrogens (primary N) is 1. The van der Waals surface area contributed by atoms with Crippen LogP contribution in [-0.2, 0) is 26.3 Å². The highest BCUT2D eigenvalue weighted by Crippen LogP contribution is 2.38. The number of pyridine rings is 1. The van der Waals surface area contributed by atoms with Crippen molar-refractivity contribution < 1.29 is 34.0 Å². The van der Waals surface area contributed by atoms with Crippen LogP contribution in [0.15, 0.2) is 50.0 Å². The highest BCUT2D eigenvalue weighted by atomic mass is 32.2. The topological polar surface area (TPSA) is 206 Å². The molecule has 0 fully saturated rings. The number of aliphatic carboxylic acids is 2. The zero-order chi connectivity index (χ0) is 28.8. The molecule has 0 spiro atoms. The molecule has 14 nitrogen and oxygen atoms in total. The second-order valence-corrected chi connectivity index (χ2v) is 12.0. The summed E-state index contributed by atoms with van der Waals surface area (Å²) in [7, 11) is 1.91. The Morgan fingerprint density at radius 1 is 1.32 bits per heavy atom. The number of rotatable bonds is 11. The lowest BCUT2D eigenvalue weighted by Crippen LogP contribution is -2.55. The third-order valence-electron chi connectivity index (χ3n) is 5.15. The van der Waals surface area contributed by atoms with Crippen molar-refractivity contribution >= 4 is 75.1 Å². The third-order valence-corrected chi connectivity index (χ3v) is 9.11. The van der Waals surface area contributed by atoms with Crippen molar-refractivity contribution in [2.45, 2.75) is 22.7 Å². The fraction of sp³-hybridized carbons (Fsp3) is 0.273. The molecule has 0 saturated carbocycles. The molecule has 1 aliphatic heterocycles. The Labute approximate surface area is 243 Å². The zero-order valence-electron chi connectivity index (χ0n) is 20.9. The van der Waals surface area contributed by atoms with Gasteiger partial charge in [0.2, 0.25) is 11.5 Å². The number of nitrogen functional groups attached to an aromatic ring is 1. The molecular weight excluding hydrogens is 601 g/mol. The van der Waals surface area contributed by atoms with Gasteiger partial charge >= 0.3 is 11.9 Å². The molecule has 40 heavy (non-hydrogen) atoms. The van der Waals surface area contributed by atoms with Crippen LogP contribution >= 0.6 is 46.4 Å². The molecule has 0 saturated heterocycles. The number of nitrogens with one attached hydrogen (secondary N) is 2. The van der Waals surface area contributed by atoms with Crippen LogP contribution in [0.3, 0.4) is 0 Å². The lowest BCUT2D eigenvalue weighted by atomic mass is 10.2. The van der Waals surface area contributed by atoms with E-state index in [0.29, 0.717) is 9.24 Å². The van der Waals surface area contributed by atoms with Gasteiger partial charge in [-0.15, -0.1) is 23.1 Å². The smallest absolute Gasteiger partial charge is 0.352 e. The lowest BCUT2D eigenvalue weighted by molar-refractivity contribution is -0.671. The molecule has 4 heterocycles. The van der Waals surface area contributed by atoms with Gasteiger partial charge in [-0.2, -0.15) is 9.36 Å². The number of anilines is 1. The van der Waals surface area contributed by atoms with Crippen molar-refractivity contribution in [2.24, 2.45) is 12.2 Å². The highest BCUT2D eigenvalue weighted by molar-refractivity contribution is 8.07. The summed E-state index contributed by atoms with van der Waals surface area (Å²) < 4.78 is 6.47. The van der Waals surface area contributed by atoms with Gasteiger partial charge in [0.05, 0.1) is 5.69 Å². The first-order chi connectivity index (χ1) is 19.2. The molecule has 4 rings (SSSR count). The van der Waals surface area contributed by atoms with E-state index in [0.717, 1.165) is 34.6 Å². The van der Waals surface area contributed by atoms with E-state index in [-0.39, 0.29) is 34.7 Å². The molecule has 210 valence electrons. The van der Waals surface area contributed by atoms with Crippen molar-refractivity contribution in [3.8, 4) is 11.3 Å². The quantitative estimate of drug-likeness (QED) is 0.116. The molecule has 0 aromatic carbocycles. The Balaban J connectivity index is 1.51. The Kier molecular flexibility index (Phi) is 9.56. The molecule has 0 aliphatic carbocycles. The molecule has 3 aromatic rings. The van der Waals surface area contributed by atoms with E-state index in [2.05, 4.69) is 30.1 Å². The monoisotopic (exact) mass is 623 g/mol. The normalized spacial score (nSPS) is 16.2. The van der Waals surface area contributed by atoms with E-state index in [1.54, 1.807) is 6.92 Å². The minimum Gasteiger partial charge on any atom is -0.480 e. The van der Waals surface area contributed by atoms with Gasteiger partial charge in [0.25, 0.3) is 5.91 Å². The van der Waals surface area contributed by atoms with Gasteiger partial charge in [0, 0.05) is 45.3 Å². The average molecular weight is 624 g/mol. The third kappa shape index (κ3) is 7.06. The van der Waals surface area contributed by atoms with Crippen molar-refractivity contribution in [1.29, 1.82) is 0 Å². The Morgan fingerprint density at radius 3 is 2.70 bits per heavy atom. The van der Waals surface area contributed by atoms with E-state index >= 15 is 0 Å². The molecule has 6 N–H and O–H groups in total. The van der Waals surface area contributed by atoms with Gasteiger partial charge < -0.3 is 31.4 Å². The number of carboxylic acids is 2. The minimum atomic E-state index is -1.54. The first-order valence-electron chi connectivity index (χ1n) is 11.4. The van der Waals surface area contributed by atoms with Gasteiger partial charge in [-0.1, -0.05) is 16.9 Å². The summed E-state index contributed by atoms with van der Waals surface area (Å²) >= 11 is 4.52. The van der Waals surface area contributed by atoms with Gasteiger partial charge in [0.1, 0.15) is 24.7 Å². The fourth-order valence-electron chi connectivity index (χ4n) is 3.28. The van der Waals surface area contributed by atoms with Crippen LogP contribution < -0.4 is 20.9 Å². The van der Waals surface area contributed by atoms with E-state index in [9.17, 15) is 24.6 Å². The summed E-state index contributed by atoms with van der Waals surface area (Å²) in [4.78, 5) is 51.2. The number of carbonyl (C=O) groups is 3. The highest BCUT2D eigenvalue weighted by Gasteiger charge is 2.37. The largest absolute Gasteiger partial charge is 0.480 e. The predicted molar refractivity (Wildman–Crippen MR) is 151 cm³/mol. The van der Waals surface area contributed by atoms with E-state index in [1.807, 2.05) is 41.5 Å². The van der Waals surface area contributed by atoms with Gasteiger partial charge in [-0.25, -0.2) is 19.1 Å².